The number of hydrogen-bond donors (Lipinski definition) is 3. The second kappa shape index (κ2) is 5.79. The molecular formula is C11H16N6OS. The number of nitrogens with one attached hydrogen (secondary N) is 2. The maximum atomic E-state index is 12.0. The normalized spacial score (nSPS) is 12.3. The highest BCUT2D eigenvalue weighted by atomic mass is 32.1. The van der Waals surface area contributed by atoms with Crippen molar-refractivity contribution in [1.29, 1.82) is 0 Å². The molecule has 0 aliphatic rings. The Hall–Kier alpha value is -1.96. The van der Waals surface area contributed by atoms with Crippen LogP contribution in [0, 0.1) is 0 Å². The van der Waals surface area contributed by atoms with E-state index in [0.717, 1.165) is 18.5 Å². The van der Waals surface area contributed by atoms with Crippen molar-refractivity contribution in [2.45, 2.75) is 32.7 Å². The number of carbonyl (C=O) groups is 1. The zero-order chi connectivity index (χ0) is 13.8. The van der Waals surface area contributed by atoms with Gasteiger partial charge in [0.2, 0.25) is 5.13 Å². The van der Waals surface area contributed by atoms with Crippen LogP contribution in [-0.2, 0) is 6.42 Å². The van der Waals surface area contributed by atoms with Gasteiger partial charge in [-0.1, -0.05) is 24.7 Å². The lowest BCUT2D eigenvalue weighted by Crippen LogP contribution is -2.26. The molecule has 0 aliphatic heterocycles. The first-order valence-electron chi connectivity index (χ1n) is 6.04. The molecule has 1 atom stereocenters. The highest BCUT2D eigenvalue weighted by Gasteiger charge is 2.17. The number of hydrogen-bond acceptors (Lipinski definition) is 6. The van der Waals surface area contributed by atoms with E-state index in [2.05, 4.69) is 32.6 Å². The Morgan fingerprint density at radius 2 is 2.37 bits per heavy atom. The molecule has 8 heteroatoms. The number of anilines is 1. The fraction of sp³-hybridized carbons (Fsp3) is 0.455. The standard InChI is InChI=1S/C11H16N6OS/c1-3-4-7-5-8(15-14-7)9(18)13-6(2)10-16-17-11(12)19-10/h5-6H,3-4H2,1-2H3,(H2,12,17)(H,13,18)(H,14,15)/t6-/m0/s1. The summed E-state index contributed by atoms with van der Waals surface area (Å²) in [6.07, 6.45) is 1.88. The molecule has 2 aromatic heterocycles. The first-order chi connectivity index (χ1) is 9.10. The summed E-state index contributed by atoms with van der Waals surface area (Å²) in [7, 11) is 0. The van der Waals surface area contributed by atoms with Gasteiger partial charge in [-0.05, 0) is 19.4 Å². The average Bonchev–Trinajstić information content (AvgIpc) is 2.98. The van der Waals surface area contributed by atoms with Crippen LogP contribution in [0.15, 0.2) is 6.07 Å². The van der Waals surface area contributed by atoms with Gasteiger partial charge in [0.15, 0.2) is 0 Å². The van der Waals surface area contributed by atoms with Gasteiger partial charge in [-0.2, -0.15) is 5.10 Å². The Balaban J connectivity index is 1.99. The lowest BCUT2D eigenvalue weighted by atomic mass is 10.2. The molecule has 0 saturated carbocycles. The molecule has 102 valence electrons. The molecule has 0 spiro atoms. The van der Waals surface area contributed by atoms with Crippen LogP contribution in [0.25, 0.3) is 0 Å². The molecule has 2 heterocycles. The van der Waals surface area contributed by atoms with E-state index in [0.29, 0.717) is 15.8 Å². The number of carbonyl (C=O) groups excluding carboxylic acids is 1. The second-order valence-corrected chi connectivity index (χ2v) is 5.24. The minimum atomic E-state index is -0.242. The molecule has 19 heavy (non-hydrogen) atoms. The van der Waals surface area contributed by atoms with Crippen LogP contribution in [0.2, 0.25) is 0 Å². The van der Waals surface area contributed by atoms with Crippen molar-refractivity contribution in [3.63, 3.8) is 0 Å². The summed E-state index contributed by atoms with van der Waals surface area (Å²) in [5.41, 5.74) is 6.85. The zero-order valence-electron chi connectivity index (χ0n) is 10.8. The van der Waals surface area contributed by atoms with E-state index in [4.69, 9.17) is 5.73 Å². The Kier molecular flexibility index (Phi) is 4.10. The Morgan fingerprint density at radius 1 is 1.58 bits per heavy atom. The van der Waals surface area contributed by atoms with E-state index in [-0.39, 0.29) is 11.9 Å². The molecular weight excluding hydrogens is 264 g/mol. The van der Waals surface area contributed by atoms with Crippen LogP contribution in [0.3, 0.4) is 0 Å². The van der Waals surface area contributed by atoms with Gasteiger partial charge in [-0.25, -0.2) is 0 Å². The summed E-state index contributed by atoms with van der Waals surface area (Å²) < 4.78 is 0. The third kappa shape index (κ3) is 3.28. The predicted molar refractivity (Wildman–Crippen MR) is 72.8 cm³/mol. The average molecular weight is 280 g/mol. The Labute approximate surface area is 114 Å². The molecule has 2 aromatic rings. The summed E-state index contributed by atoms with van der Waals surface area (Å²) in [6.45, 7) is 3.90. The first-order valence-corrected chi connectivity index (χ1v) is 6.85. The van der Waals surface area contributed by atoms with Gasteiger partial charge in [0.25, 0.3) is 5.91 Å². The second-order valence-electron chi connectivity index (χ2n) is 4.20. The van der Waals surface area contributed by atoms with Gasteiger partial charge >= 0.3 is 0 Å². The molecule has 0 bridgehead atoms. The number of aryl methyl sites for hydroxylation is 1. The maximum Gasteiger partial charge on any atom is 0.272 e. The van der Waals surface area contributed by atoms with Crippen LogP contribution >= 0.6 is 11.3 Å². The molecule has 4 N–H and O–H groups in total. The van der Waals surface area contributed by atoms with E-state index in [1.807, 2.05) is 6.92 Å². The van der Waals surface area contributed by atoms with E-state index >= 15 is 0 Å². The van der Waals surface area contributed by atoms with Crippen molar-refractivity contribution in [2.24, 2.45) is 0 Å². The summed E-state index contributed by atoms with van der Waals surface area (Å²) in [5.74, 6) is -0.236. The molecule has 0 saturated heterocycles. The molecule has 7 nitrogen and oxygen atoms in total. The molecule has 1 amide bonds. The van der Waals surface area contributed by atoms with Gasteiger partial charge < -0.3 is 11.1 Å². The van der Waals surface area contributed by atoms with Crippen molar-refractivity contribution in [3.05, 3.63) is 22.5 Å². The highest BCUT2D eigenvalue weighted by molar-refractivity contribution is 7.15. The lowest BCUT2D eigenvalue weighted by Gasteiger charge is -2.08. The van der Waals surface area contributed by atoms with Crippen molar-refractivity contribution in [3.8, 4) is 0 Å². The van der Waals surface area contributed by atoms with Crippen molar-refractivity contribution >= 4 is 22.4 Å². The lowest BCUT2D eigenvalue weighted by molar-refractivity contribution is 0.0934. The topological polar surface area (TPSA) is 110 Å². The summed E-state index contributed by atoms with van der Waals surface area (Å²) in [4.78, 5) is 12.0. The molecule has 0 aliphatic carbocycles. The van der Waals surface area contributed by atoms with Crippen LogP contribution in [0.5, 0.6) is 0 Å². The Bertz CT molecular complexity index is 563. The number of amides is 1. The number of nitrogens with zero attached hydrogens (tertiary/aromatic N) is 3. The van der Waals surface area contributed by atoms with Crippen LogP contribution in [0.1, 0.15) is 47.5 Å². The summed E-state index contributed by atoms with van der Waals surface area (Å²) >= 11 is 1.26. The van der Waals surface area contributed by atoms with Crippen LogP contribution in [0.4, 0.5) is 5.13 Å². The van der Waals surface area contributed by atoms with Gasteiger partial charge in [-0.15, -0.1) is 10.2 Å². The fourth-order valence-electron chi connectivity index (χ4n) is 1.63. The number of aromatic amines is 1. The SMILES string of the molecule is CCCc1cc(C(=O)N[C@@H](C)c2nnc(N)s2)n[nH]1. The quantitative estimate of drug-likeness (QED) is 0.764. The number of H-pyrrole nitrogens is 1. The molecule has 2 rings (SSSR count). The highest BCUT2D eigenvalue weighted by Crippen LogP contribution is 2.19. The van der Waals surface area contributed by atoms with Crippen LogP contribution < -0.4 is 11.1 Å². The minimum Gasteiger partial charge on any atom is -0.374 e. The zero-order valence-corrected chi connectivity index (χ0v) is 11.6. The summed E-state index contributed by atoms with van der Waals surface area (Å²) in [5, 5.41) is 18.3. The number of nitrogens with two attached hydrogens (primary N) is 1. The third-order valence-corrected chi connectivity index (χ3v) is 3.49. The maximum absolute atomic E-state index is 12.0. The van der Waals surface area contributed by atoms with E-state index in [1.54, 1.807) is 6.07 Å². The molecule has 0 unspecified atom stereocenters. The van der Waals surface area contributed by atoms with Gasteiger partial charge in [-0.3, -0.25) is 9.89 Å². The molecule has 0 radical (unpaired) electrons. The number of nitrogen functional groups attached to an aromatic ring is 1. The molecule has 0 fully saturated rings. The van der Waals surface area contributed by atoms with Gasteiger partial charge in [0.05, 0.1) is 6.04 Å². The van der Waals surface area contributed by atoms with Gasteiger partial charge in [0, 0.05) is 5.69 Å². The van der Waals surface area contributed by atoms with E-state index < -0.39 is 0 Å². The Morgan fingerprint density at radius 3 is 3.00 bits per heavy atom. The number of rotatable bonds is 5. The smallest absolute Gasteiger partial charge is 0.272 e. The number of aromatic nitrogens is 4. The van der Waals surface area contributed by atoms with Crippen molar-refractivity contribution < 1.29 is 4.79 Å². The largest absolute Gasteiger partial charge is 0.374 e. The first kappa shape index (κ1) is 13.5. The van der Waals surface area contributed by atoms with E-state index in [9.17, 15) is 4.79 Å². The van der Waals surface area contributed by atoms with Crippen molar-refractivity contribution in [2.75, 3.05) is 5.73 Å². The van der Waals surface area contributed by atoms with Crippen molar-refractivity contribution in [1.82, 2.24) is 25.7 Å². The predicted octanol–water partition coefficient (Wildman–Crippen LogP) is 1.29. The van der Waals surface area contributed by atoms with Gasteiger partial charge in [0.1, 0.15) is 10.7 Å². The monoisotopic (exact) mass is 280 g/mol. The minimum absolute atomic E-state index is 0.236. The van der Waals surface area contributed by atoms with Crippen LogP contribution in [-0.4, -0.2) is 26.3 Å². The molecule has 0 aromatic carbocycles. The third-order valence-electron chi connectivity index (χ3n) is 2.56. The van der Waals surface area contributed by atoms with E-state index in [1.165, 1.54) is 11.3 Å². The fourth-order valence-corrected chi connectivity index (χ4v) is 2.24. The summed E-state index contributed by atoms with van der Waals surface area (Å²) in [6, 6.07) is 1.52.